The molecule has 0 bridgehead atoms. The van der Waals surface area contributed by atoms with Gasteiger partial charge in [0.2, 0.25) is 0 Å². The summed E-state index contributed by atoms with van der Waals surface area (Å²) in [5.41, 5.74) is 9.97. The van der Waals surface area contributed by atoms with Crippen molar-refractivity contribution in [1.82, 2.24) is 0 Å². The summed E-state index contributed by atoms with van der Waals surface area (Å²) in [7, 11) is 0. The second-order valence-corrected chi connectivity index (χ2v) is 8.95. The molecule has 4 aromatic rings. The van der Waals surface area contributed by atoms with E-state index < -0.39 is 0 Å². The van der Waals surface area contributed by atoms with Gasteiger partial charge in [0, 0.05) is 0 Å². The first-order chi connectivity index (χ1) is 18.0. The van der Waals surface area contributed by atoms with E-state index in [0.29, 0.717) is 0 Å². The number of benzene rings is 4. The molecule has 4 aromatic carbocycles. The molecule has 0 aliphatic heterocycles. The molecule has 0 atom stereocenters. The molecule has 0 unspecified atom stereocenters. The first-order valence-corrected chi connectivity index (χ1v) is 13.5. The van der Waals surface area contributed by atoms with E-state index >= 15 is 0 Å². The number of aryl methyl sites for hydroxylation is 6. The van der Waals surface area contributed by atoms with Gasteiger partial charge in [0.1, 0.15) is 0 Å². The molecule has 282 valence electrons. The van der Waals surface area contributed by atoms with Gasteiger partial charge in [-0.3, -0.25) is 0 Å². The SMILES string of the molecule is CCc1cccc(CC)c1N=C[N-]c1c(CC)cccc1CC.Cc1ccccc1.Cc1ccccc1.[Al+3].[Al+3].[Al+3].[CH3-].[CH3-].[CH3-].[CH3-].[CH3-].[CH3-].[CH3-].[CH3-].[CH3-].[CH3-].[CH3-].[La+3]. The summed E-state index contributed by atoms with van der Waals surface area (Å²) in [4.78, 5) is 4.70. The van der Waals surface area contributed by atoms with Crippen molar-refractivity contribution in [2.24, 2.45) is 4.99 Å². The van der Waals surface area contributed by atoms with Gasteiger partial charge in [0.05, 0.1) is 0 Å². The third-order valence-corrected chi connectivity index (χ3v) is 6.18. The van der Waals surface area contributed by atoms with Crippen LogP contribution >= 0.6 is 0 Å². The minimum Gasteiger partial charge on any atom is -0.443 e. The van der Waals surface area contributed by atoms with Gasteiger partial charge in [0.25, 0.3) is 0 Å². The summed E-state index contributed by atoms with van der Waals surface area (Å²) in [6.07, 6.45) is 5.71. The average Bonchev–Trinajstić information content (AvgIpc) is 2.94. The molecule has 0 spiro atoms. The number of hydrogen-bond donors (Lipinski definition) is 0. The maximum absolute atomic E-state index is 4.70. The van der Waals surface area contributed by atoms with E-state index in [1.54, 1.807) is 6.34 Å². The van der Waals surface area contributed by atoms with E-state index in [1.165, 1.54) is 33.4 Å². The van der Waals surface area contributed by atoms with E-state index in [1.807, 2.05) is 36.4 Å². The summed E-state index contributed by atoms with van der Waals surface area (Å²) >= 11 is 0. The largest absolute Gasteiger partial charge is 3.00 e. The number of nitrogens with zero attached hydrogens (tertiary/aromatic N) is 2. The maximum atomic E-state index is 4.70. The molecule has 0 saturated carbocycles. The van der Waals surface area contributed by atoms with Crippen molar-refractivity contribution in [1.29, 1.82) is 0 Å². The molecule has 52 heavy (non-hydrogen) atoms. The third-order valence-electron chi connectivity index (χ3n) is 6.18. The van der Waals surface area contributed by atoms with Gasteiger partial charge in [-0.1, -0.05) is 142 Å². The van der Waals surface area contributed by atoms with Crippen molar-refractivity contribution < 1.29 is 35.6 Å². The Morgan fingerprint density at radius 3 is 0.923 bits per heavy atom. The third kappa shape index (κ3) is 34.9. The Hall–Kier alpha value is -0.858. The summed E-state index contributed by atoms with van der Waals surface area (Å²) in [6, 6.07) is 33.4. The molecule has 4 rings (SSSR count). The predicted molar refractivity (Wildman–Crippen MR) is 252 cm³/mol. The van der Waals surface area contributed by atoms with E-state index in [9.17, 15) is 0 Å². The van der Waals surface area contributed by atoms with Gasteiger partial charge in [-0.2, -0.15) is 0 Å². The average molecular weight is 877 g/mol. The van der Waals surface area contributed by atoms with Crippen LogP contribution in [0.25, 0.3) is 5.32 Å². The van der Waals surface area contributed by atoms with Crippen LogP contribution in [0.5, 0.6) is 0 Å². The monoisotopic (exact) mass is 876 g/mol. The van der Waals surface area contributed by atoms with Crippen LogP contribution in [0.2, 0.25) is 0 Å². The van der Waals surface area contributed by atoms with Crippen LogP contribution in [0.3, 0.4) is 0 Å². The van der Waals surface area contributed by atoms with E-state index in [0.717, 1.165) is 37.1 Å². The molecule has 0 radical (unpaired) electrons. The molecule has 0 fully saturated rings. The van der Waals surface area contributed by atoms with Crippen LogP contribution in [0.4, 0.5) is 11.4 Å². The summed E-state index contributed by atoms with van der Waals surface area (Å²) in [5, 5.41) is 4.70. The molecule has 0 aliphatic carbocycles. The van der Waals surface area contributed by atoms with Gasteiger partial charge in [-0.05, 0) is 73.2 Å². The Labute approximate surface area is 391 Å². The van der Waals surface area contributed by atoms with Crippen molar-refractivity contribution in [3.8, 4) is 0 Å². The smallest absolute Gasteiger partial charge is 0.443 e. The quantitative estimate of drug-likeness (QED) is 0.0765. The second-order valence-electron chi connectivity index (χ2n) is 8.95. The fraction of sp³-hybridized carbons (Fsp3) is 0.217. The predicted octanol–water partition coefficient (Wildman–Crippen LogP) is 14.1. The number of para-hydroxylation sites is 2. The van der Waals surface area contributed by atoms with Crippen LogP contribution in [0, 0.1) is 131 Å². The van der Waals surface area contributed by atoms with Crippen LogP contribution in [0.1, 0.15) is 61.1 Å². The number of aliphatic imine (C=N–C) groups is 1. The van der Waals surface area contributed by atoms with Crippen LogP contribution < -0.4 is 0 Å². The Kier molecular flexibility index (Phi) is 102. The Bertz CT molecular complexity index is 1140. The van der Waals surface area contributed by atoms with Crippen molar-refractivity contribution in [3.63, 3.8) is 0 Å². The van der Waals surface area contributed by atoms with Crippen molar-refractivity contribution in [2.45, 2.75) is 67.2 Å². The van der Waals surface area contributed by atoms with Crippen LogP contribution in [-0.2, 0) is 25.7 Å². The Morgan fingerprint density at radius 1 is 0.423 bits per heavy atom. The van der Waals surface area contributed by atoms with E-state index in [-0.39, 0.29) is 169 Å². The second kappa shape index (κ2) is 56.9. The van der Waals surface area contributed by atoms with Gasteiger partial charge in [-0.25, -0.2) is 0 Å². The minimum atomic E-state index is 0. The van der Waals surface area contributed by atoms with Crippen molar-refractivity contribution >= 4 is 69.8 Å². The topological polar surface area (TPSA) is 26.5 Å². The number of hydrogen-bond acceptors (Lipinski definition) is 1. The Morgan fingerprint density at radius 2 is 0.692 bits per heavy atom. The van der Waals surface area contributed by atoms with Crippen molar-refractivity contribution in [3.05, 3.63) is 217 Å². The molecular weight excluding hydrogens is 800 g/mol. The molecule has 0 aliphatic rings. The van der Waals surface area contributed by atoms with Gasteiger partial charge in [0.15, 0.2) is 0 Å². The standard InChI is InChI=1S/C21H27N2.2C7H8.11CH3.3Al.La/c1-5-16-11-9-12-17(6-2)20(16)22-15-23-21-18(7-3)13-10-14-19(21)8-4;2*1-7-5-3-2-4-6-7;;;;;;;;;;;;;;;/h9-15H,5-8H2,1-4H3;2*2-6H,1H3;11*1H3;;;;/q-1;;;11*-1;4*+3. The Balaban J connectivity index is -0.0000000361. The van der Waals surface area contributed by atoms with Crippen LogP contribution in [0.15, 0.2) is 102 Å². The zero-order chi connectivity index (χ0) is 26.9. The summed E-state index contributed by atoms with van der Waals surface area (Å²) in [6.45, 7) is 12.9. The summed E-state index contributed by atoms with van der Waals surface area (Å²) in [5.74, 6) is 0. The fourth-order valence-corrected chi connectivity index (χ4v) is 3.97. The van der Waals surface area contributed by atoms with Gasteiger partial charge < -0.3 is 92.0 Å². The molecule has 0 N–H and O–H groups in total. The fourth-order valence-electron chi connectivity index (χ4n) is 3.97. The van der Waals surface area contributed by atoms with Gasteiger partial charge >= 0.3 is 87.7 Å². The van der Waals surface area contributed by atoms with Gasteiger partial charge in [-0.15, -0.1) is 0 Å². The molecule has 0 aromatic heterocycles. The molecule has 0 amide bonds. The minimum absolute atomic E-state index is 0. The first-order valence-electron chi connectivity index (χ1n) is 13.5. The van der Waals surface area contributed by atoms with E-state index in [4.69, 9.17) is 10.3 Å². The summed E-state index contributed by atoms with van der Waals surface area (Å²) < 4.78 is 0. The van der Waals surface area contributed by atoms with E-state index in [2.05, 4.69) is 102 Å². The molecule has 2 nitrogen and oxygen atoms in total. The molecule has 0 saturated heterocycles. The van der Waals surface area contributed by atoms with Crippen LogP contribution in [-0.4, -0.2) is 58.4 Å². The first kappa shape index (κ1) is 93.2. The molecular formula is C46H76Al3LaN2. The molecule has 6 heteroatoms. The maximum Gasteiger partial charge on any atom is 3.00 e. The van der Waals surface area contributed by atoms with Crippen molar-refractivity contribution in [2.75, 3.05) is 0 Å². The number of rotatable bonds is 7. The zero-order valence-corrected chi connectivity index (χ0v) is 43.9. The molecule has 0 heterocycles. The normalized spacial score (nSPS) is 7.27. The zero-order valence-electron chi connectivity index (χ0n) is 36.8.